The summed E-state index contributed by atoms with van der Waals surface area (Å²) in [4.78, 5) is 10.6. The third-order valence-electron chi connectivity index (χ3n) is 2.71. The van der Waals surface area contributed by atoms with Crippen LogP contribution in [0.25, 0.3) is 0 Å². The number of rotatable bonds is 3. The number of methoxy groups -OCH3 is 1. The predicted octanol–water partition coefficient (Wildman–Crippen LogP) is 0.834. The Labute approximate surface area is 114 Å². The van der Waals surface area contributed by atoms with Gasteiger partial charge in [-0.15, -0.1) is 0 Å². The molecule has 2 rings (SSSR count). The number of hydrogen-bond acceptors (Lipinski definition) is 6. The number of nitrogens with zero attached hydrogens (tertiary/aromatic N) is 3. The van der Waals surface area contributed by atoms with Gasteiger partial charge in [-0.2, -0.15) is 4.98 Å². The Bertz CT molecular complexity index is 419. The number of aliphatic hydroxyl groups excluding tert-OH is 1. The van der Waals surface area contributed by atoms with Gasteiger partial charge in [0, 0.05) is 13.1 Å². The molecular formula is C11H16BrN3O3. The van der Waals surface area contributed by atoms with Gasteiger partial charge in [-0.05, 0) is 22.9 Å². The molecule has 1 aromatic rings. The molecule has 0 aliphatic carbocycles. The lowest BCUT2D eigenvalue weighted by molar-refractivity contribution is -0.0425. The highest BCUT2D eigenvalue weighted by Gasteiger charge is 2.26. The number of aromatic nitrogens is 2. The number of hydrogen-bond donors (Lipinski definition) is 1. The topological polar surface area (TPSA) is 67.7 Å². The van der Waals surface area contributed by atoms with Crippen molar-refractivity contribution in [3.63, 3.8) is 0 Å². The van der Waals surface area contributed by atoms with Crippen LogP contribution in [0.3, 0.4) is 0 Å². The van der Waals surface area contributed by atoms with Gasteiger partial charge in [0.2, 0.25) is 11.8 Å². The lowest BCUT2D eigenvalue weighted by Crippen LogP contribution is -2.48. The van der Waals surface area contributed by atoms with Gasteiger partial charge in [0.25, 0.3) is 0 Å². The summed E-state index contributed by atoms with van der Waals surface area (Å²) in [6.45, 7) is 3.23. The second kappa shape index (κ2) is 5.81. The van der Waals surface area contributed by atoms with E-state index < -0.39 is 0 Å². The molecule has 0 radical (unpaired) electrons. The monoisotopic (exact) mass is 317 g/mol. The van der Waals surface area contributed by atoms with E-state index in [0.717, 1.165) is 0 Å². The highest BCUT2D eigenvalue weighted by molar-refractivity contribution is 9.10. The first-order valence-electron chi connectivity index (χ1n) is 5.71. The van der Waals surface area contributed by atoms with E-state index >= 15 is 0 Å². The lowest BCUT2D eigenvalue weighted by Gasteiger charge is -2.36. The summed E-state index contributed by atoms with van der Waals surface area (Å²) in [5.74, 6) is 1.09. The van der Waals surface area contributed by atoms with E-state index in [1.807, 2.05) is 11.8 Å². The van der Waals surface area contributed by atoms with Gasteiger partial charge in [0.15, 0.2) is 0 Å². The van der Waals surface area contributed by atoms with E-state index in [-0.39, 0.29) is 18.8 Å². The maximum absolute atomic E-state index is 9.19. The molecule has 18 heavy (non-hydrogen) atoms. The molecule has 1 saturated heterocycles. The van der Waals surface area contributed by atoms with Gasteiger partial charge in [0.05, 0.1) is 36.6 Å². The fourth-order valence-electron chi connectivity index (χ4n) is 1.95. The number of halogens is 1. The van der Waals surface area contributed by atoms with Gasteiger partial charge in [0.1, 0.15) is 0 Å². The molecule has 1 N–H and O–H groups in total. The second-order valence-electron chi connectivity index (χ2n) is 4.18. The average molecular weight is 318 g/mol. The molecule has 0 amide bonds. The van der Waals surface area contributed by atoms with Crippen molar-refractivity contribution in [3.8, 4) is 5.88 Å². The molecule has 1 aromatic heterocycles. The Morgan fingerprint density at radius 2 is 2.39 bits per heavy atom. The summed E-state index contributed by atoms with van der Waals surface area (Å²) in [6, 6.07) is 0. The first kappa shape index (κ1) is 13.5. The summed E-state index contributed by atoms with van der Waals surface area (Å²) in [5, 5.41) is 9.19. The van der Waals surface area contributed by atoms with Crippen molar-refractivity contribution in [1.82, 2.24) is 9.97 Å². The van der Waals surface area contributed by atoms with E-state index in [9.17, 15) is 5.11 Å². The van der Waals surface area contributed by atoms with Crippen LogP contribution in [0.4, 0.5) is 5.95 Å². The third kappa shape index (κ3) is 2.90. The maximum Gasteiger partial charge on any atom is 0.232 e. The Morgan fingerprint density at radius 3 is 3.06 bits per heavy atom. The molecule has 100 valence electrons. The summed E-state index contributed by atoms with van der Waals surface area (Å²) in [5.41, 5.74) is 0. The normalized spacial score (nSPS) is 24.1. The van der Waals surface area contributed by atoms with Crippen LogP contribution in [0.1, 0.15) is 6.92 Å². The molecule has 0 spiro atoms. The zero-order valence-corrected chi connectivity index (χ0v) is 11.9. The fourth-order valence-corrected chi connectivity index (χ4v) is 2.30. The van der Waals surface area contributed by atoms with Crippen LogP contribution >= 0.6 is 15.9 Å². The minimum absolute atomic E-state index is 0.00545. The van der Waals surface area contributed by atoms with Crippen molar-refractivity contribution in [2.75, 3.05) is 31.7 Å². The van der Waals surface area contributed by atoms with E-state index in [1.165, 1.54) is 0 Å². The van der Waals surface area contributed by atoms with Crippen molar-refractivity contribution >= 4 is 21.9 Å². The van der Waals surface area contributed by atoms with E-state index in [4.69, 9.17) is 9.47 Å². The van der Waals surface area contributed by atoms with Crippen LogP contribution in [-0.2, 0) is 4.74 Å². The molecule has 1 fully saturated rings. The van der Waals surface area contributed by atoms with Gasteiger partial charge < -0.3 is 19.5 Å². The molecule has 7 heteroatoms. The van der Waals surface area contributed by atoms with E-state index in [2.05, 4.69) is 25.9 Å². The zero-order valence-electron chi connectivity index (χ0n) is 10.3. The van der Waals surface area contributed by atoms with Gasteiger partial charge >= 0.3 is 0 Å². The lowest BCUT2D eigenvalue weighted by atomic mass is 10.2. The van der Waals surface area contributed by atoms with Crippen LogP contribution in [0.5, 0.6) is 5.88 Å². The minimum Gasteiger partial charge on any atom is -0.480 e. The van der Waals surface area contributed by atoms with Crippen LogP contribution in [0.2, 0.25) is 0 Å². The van der Waals surface area contributed by atoms with Gasteiger partial charge in [-0.3, -0.25) is 0 Å². The molecule has 0 aromatic carbocycles. The van der Waals surface area contributed by atoms with E-state index in [1.54, 1.807) is 13.3 Å². The molecule has 6 nitrogen and oxygen atoms in total. The summed E-state index contributed by atoms with van der Waals surface area (Å²) in [6.07, 6.45) is 1.50. The summed E-state index contributed by atoms with van der Waals surface area (Å²) >= 11 is 3.32. The minimum atomic E-state index is -0.202. The number of aliphatic hydroxyl groups is 1. The number of ether oxygens (including phenoxy) is 2. The Morgan fingerprint density at radius 1 is 1.61 bits per heavy atom. The molecule has 1 aliphatic heterocycles. The Hall–Kier alpha value is -0.920. The van der Waals surface area contributed by atoms with Gasteiger partial charge in [-0.25, -0.2) is 4.98 Å². The van der Waals surface area contributed by atoms with Crippen molar-refractivity contribution in [2.24, 2.45) is 0 Å². The zero-order chi connectivity index (χ0) is 13.1. The Kier molecular flexibility index (Phi) is 4.36. The maximum atomic E-state index is 9.19. The van der Waals surface area contributed by atoms with Crippen LogP contribution in [0.15, 0.2) is 10.7 Å². The fraction of sp³-hybridized carbons (Fsp3) is 0.636. The molecule has 2 unspecified atom stereocenters. The highest BCUT2D eigenvalue weighted by atomic mass is 79.9. The molecule has 1 aliphatic rings. The van der Waals surface area contributed by atoms with Crippen LogP contribution in [0, 0.1) is 0 Å². The molecule has 0 bridgehead atoms. The SMILES string of the molecule is COc1nc(N2CC(C)OC(CO)C2)ncc1Br. The van der Waals surface area contributed by atoms with Crippen molar-refractivity contribution in [2.45, 2.75) is 19.1 Å². The molecule has 2 atom stereocenters. The van der Waals surface area contributed by atoms with Crippen molar-refractivity contribution in [1.29, 1.82) is 0 Å². The van der Waals surface area contributed by atoms with Gasteiger partial charge in [-0.1, -0.05) is 0 Å². The van der Waals surface area contributed by atoms with Crippen molar-refractivity contribution in [3.05, 3.63) is 10.7 Å². The molecule has 0 saturated carbocycles. The highest BCUT2D eigenvalue weighted by Crippen LogP contribution is 2.24. The summed E-state index contributed by atoms with van der Waals surface area (Å²) in [7, 11) is 1.56. The number of anilines is 1. The average Bonchev–Trinajstić information content (AvgIpc) is 2.38. The van der Waals surface area contributed by atoms with Crippen LogP contribution < -0.4 is 9.64 Å². The third-order valence-corrected chi connectivity index (χ3v) is 3.25. The standard InChI is InChI=1S/C11H16BrN3O3/c1-7-4-15(5-8(6-16)18-7)11-13-3-9(12)10(14-11)17-2/h3,7-8,16H,4-6H2,1-2H3. The van der Waals surface area contributed by atoms with Crippen molar-refractivity contribution < 1.29 is 14.6 Å². The predicted molar refractivity (Wildman–Crippen MR) is 69.9 cm³/mol. The second-order valence-corrected chi connectivity index (χ2v) is 5.04. The summed E-state index contributed by atoms with van der Waals surface area (Å²) < 4.78 is 11.4. The smallest absolute Gasteiger partial charge is 0.232 e. The first-order valence-corrected chi connectivity index (χ1v) is 6.51. The molecule has 2 heterocycles. The number of morpholine rings is 1. The quantitative estimate of drug-likeness (QED) is 0.890. The molecular weight excluding hydrogens is 302 g/mol. The largest absolute Gasteiger partial charge is 0.480 e. The first-order chi connectivity index (χ1) is 8.63. The van der Waals surface area contributed by atoms with Crippen LogP contribution in [-0.4, -0.2) is 54.1 Å². The Balaban J connectivity index is 2.19. The van der Waals surface area contributed by atoms with E-state index in [0.29, 0.717) is 29.4 Å².